The van der Waals surface area contributed by atoms with Gasteiger partial charge < -0.3 is 14.0 Å². The average molecular weight is 416 g/mol. The van der Waals surface area contributed by atoms with E-state index in [-0.39, 0.29) is 15.2 Å². The predicted molar refractivity (Wildman–Crippen MR) is 113 cm³/mol. The zero-order valence-corrected chi connectivity index (χ0v) is 17.9. The van der Waals surface area contributed by atoms with Gasteiger partial charge in [-0.15, -0.1) is 0 Å². The summed E-state index contributed by atoms with van der Waals surface area (Å²) in [5, 5.41) is 0.284. The molecule has 7 heteroatoms. The van der Waals surface area contributed by atoms with Crippen LogP contribution >= 0.6 is 0 Å². The van der Waals surface area contributed by atoms with Gasteiger partial charge in [-0.3, -0.25) is 4.79 Å². The molecule has 1 heterocycles. The molecule has 0 bridgehead atoms. The summed E-state index contributed by atoms with van der Waals surface area (Å²) in [6.07, 6.45) is 3.22. The molecule has 1 aromatic heterocycles. The summed E-state index contributed by atoms with van der Waals surface area (Å²) in [5.41, 5.74) is 1.01. The lowest BCUT2D eigenvalue weighted by Crippen LogP contribution is -2.19. The summed E-state index contributed by atoms with van der Waals surface area (Å²) < 4.78 is 39.0. The number of fused-ring (bicyclic) bond motifs is 1. The first-order valence-corrected chi connectivity index (χ1v) is 10.9. The standard InChI is InChI=1S/C22H25NO5S/c1-5-6-11-23-14-21(29(25,26)16-9-7-15(2)8-10-16)22(24)17-12-19(27-3)20(28-4)13-18(17)23/h7-10,12-14H,5-6,11H2,1-4H3. The van der Waals surface area contributed by atoms with Crippen LogP contribution in [0.5, 0.6) is 11.5 Å². The quantitative estimate of drug-likeness (QED) is 0.584. The maximum Gasteiger partial charge on any atom is 0.211 e. The summed E-state index contributed by atoms with van der Waals surface area (Å²) in [6, 6.07) is 9.76. The van der Waals surface area contributed by atoms with Crippen molar-refractivity contribution in [1.82, 2.24) is 4.57 Å². The molecule has 0 aliphatic carbocycles. The molecule has 0 aliphatic rings. The van der Waals surface area contributed by atoms with Gasteiger partial charge in [0.1, 0.15) is 4.90 Å². The fourth-order valence-corrected chi connectivity index (χ4v) is 4.61. The number of sulfone groups is 1. The minimum atomic E-state index is -3.97. The largest absolute Gasteiger partial charge is 0.493 e. The Bertz CT molecular complexity index is 1190. The molecule has 3 aromatic rings. The van der Waals surface area contributed by atoms with E-state index in [0.29, 0.717) is 23.6 Å². The van der Waals surface area contributed by atoms with Crippen LogP contribution in [0, 0.1) is 6.92 Å². The molecular formula is C22H25NO5S. The van der Waals surface area contributed by atoms with Crippen molar-refractivity contribution in [3.05, 3.63) is 58.4 Å². The van der Waals surface area contributed by atoms with Gasteiger partial charge in [-0.05, 0) is 31.5 Å². The van der Waals surface area contributed by atoms with E-state index >= 15 is 0 Å². The molecule has 29 heavy (non-hydrogen) atoms. The van der Waals surface area contributed by atoms with Gasteiger partial charge >= 0.3 is 0 Å². The minimum Gasteiger partial charge on any atom is -0.493 e. The molecule has 0 atom stereocenters. The van der Waals surface area contributed by atoms with E-state index in [4.69, 9.17) is 9.47 Å². The number of unbranched alkanes of at least 4 members (excludes halogenated alkanes) is 1. The molecule has 2 aromatic carbocycles. The number of nitrogens with zero attached hydrogens (tertiary/aromatic N) is 1. The Morgan fingerprint density at radius 2 is 1.62 bits per heavy atom. The van der Waals surface area contributed by atoms with Crippen molar-refractivity contribution >= 4 is 20.7 Å². The summed E-state index contributed by atoms with van der Waals surface area (Å²) >= 11 is 0. The van der Waals surface area contributed by atoms with Crippen molar-refractivity contribution in [2.45, 2.75) is 43.0 Å². The van der Waals surface area contributed by atoms with Crippen LogP contribution in [0.3, 0.4) is 0 Å². The van der Waals surface area contributed by atoms with Crippen molar-refractivity contribution in [2.24, 2.45) is 0 Å². The maximum atomic E-state index is 13.2. The first-order valence-electron chi connectivity index (χ1n) is 9.44. The van der Waals surface area contributed by atoms with E-state index in [1.807, 2.05) is 11.5 Å². The first-order chi connectivity index (χ1) is 13.8. The number of aromatic nitrogens is 1. The smallest absolute Gasteiger partial charge is 0.211 e. The van der Waals surface area contributed by atoms with Crippen LogP contribution in [0.25, 0.3) is 10.9 Å². The second kappa shape index (κ2) is 8.29. The van der Waals surface area contributed by atoms with E-state index in [1.54, 1.807) is 24.3 Å². The van der Waals surface area contributed by atoms with Crippen molar-refractivity contribution in [3.8, 4) is 11.5 Å². The van der Waals surface area contributed by atoms with Gasteiger partial charge in [0.05, 0.1) is 30.0 Å². The van der Waals surface area contributed by atoms with E-state index in [1.165, 1.54) is 32.5 Å². The Balaban J connectivity index is 2.34. The normalized spacial score (nSPS) is 11.6. The molecular weight excluding hydrogens is 390 g/mol. The molecule has 0 radical (unpaired) electrons. The third-order valence-corrected chi connectivity index (χ3v) is 6.69. The molecule has 0 saturated carbocycles. The SMILES string of the molecule is CCCCn1cc(S(=O)(=O)c2ccc(C)cc2)c(=O)c2cc(OC)c(OC)cc21. The molecule has 0 spiro atoms. The molecule has 0 N–H and O–H groups in total. The number of aryl methyl sites for hydroxylation is 2. The minimum absolute atomic E-state index is 0.0991. The highest BCUT2D eigenvalue weighted by Crippen LogP contribution is 2.32. The first kappa shape index (κ1) is 20.9. The second-order valence-corrected chi connectivity index (χ2v) is 8.83. The lowest BCUT2D eigenvalue weighted by molar-refractivity contribution is 0.355. The predicted octanol–water partition coefficient (Wildman–Crippen LogP) is 3.96. The molecule has 154 valence electrons. The van der Waals surface area contributed by atoms with Crippen LogP contribution in [0.2, 0.25) is 0 Å². The highest BCUT2D eigenvalue weighted by Gasteiger charge is 2.24. The molecule has 0 aliphatic heterocycles. The van der Waals surface area contributed by atoms with E-state index < -0.39 is 15.3 Å². The Labute approximate surface area is 170 Å². The number of pyridine rings is 1. The molecule has 6 nitrogen and oxygen atoms in total. The van der Waals surface area contributed by atoms with E-state index in [9.17, 15) is 13.2 Å². The summed E-state index contributed by atoms with van der Waals surface area (Å²) in [5.74, 6) is 0.864. The topological polar surface area (TPSA) is 74.6 Å². The summed E-state index contributed by atoms with van der Waals surface area (Å²) in [4.78, 5) is 13.1. The van der Waals surface area contributed by atoms with Crippen LogP contribution < -0.4 is 14.9 Å². The van der Waals surface area contributed by atoms with Crippen LogP contribution in [0.1, 0.15) is 25.3 Å². The number of hydrogen-bond acceptors (Lipinski definition) is 5. The van der Waals surface area contributed by atoms with Gasteiger partial charge in [0, 0.05) is 18.8 Å². The maximum absolute atomic E-state index is 13.2. The number of hydrogen-bond donors (Lipinski definition) is 0. The summed E-state index contributed by atoms with van der Waals surface area (Å²) in [6.45, 7) is 4.52. The number of methoxy groups -OCH3 is 2. The van der Waals surface area contributed by atoms with Gasteiger partial charge in [0.2, 0.25) is 15.3 Å². The van der Waals surface area contributed by atoms with Crippen molar-refractivity contribution < 1.29 is 17.9 Å². The average Bonchev–Trinajstić information content (AvgIpc) is 2.72. The molecule has 0 amide bonds. The lowest BCUT2D eigenvalue weighted by atomic mass is 10.1. The second-order valence-electron chi connectivity index (χ2n) is 6.91. The van der Waals surface area contributed by atoms with E-state index in [0.717, 1.165) is 18.4 Å². The zero-order chi connectivity index (χ0) is 21.2. The van der Waals surface area contributed by atoms with Gasteiger partial charge in [-0.1, -0.05) is 31.0 Å². The Morgan fingerprint density at radius 1 is 1.00 bits per heavy atom. The van der Waals surface area contributed by atoms with Crippen LogP contribution in [0.15, 0.2) is 57.2 Å². The monoisotopic (exact) mass is 415 g/mol. The third kappa shape index (κ3) is 3.87. The number of rotatable bonds is 7. The Kier molecular flexibility index (Phi) is 5.98. The van der Waals surface area contributed by atoms with Crippen LogP contribution in [-0.2, 0) is 16.4 Å². The van der Waals surface area contributed by atoms with Crippen LogP contribution in [0.4, 0.5) is 0 Å². The number of ether oxygens (including phenoxy) is 2. The summed E-state index contributed by atoms with van der Waals surface area (Å²) in [7, 11) is -0.965. The Hall–Kier alpha value is -2.80. The van der Waals surface area contributed by atoms with Crippen molar-refractivity contribution in [1.29, 1.82) is 0 Å². The highest BCUT2D eigenvalue weighted by molar-refractivity contribution is 7.91. The van der Waals surface area contributed by atoms with Gasteiger partial charge in [-0.2, -0.15) is 0 Å². The van der Waals surface area contributed by atoms with Gasteiger partial charge in [0.25, 0.3) is 0 Å². The molecule has 0 saturated heterocycles. The molecule has 3 rings (SSSR count). The van der Waals surface area contributed by atoms with Crippen molar-refractivity contribution in [3.63, 3.8) is 0 Å². The highest BCUT2D eigenvalue weighted by atomic mass is 32.2. The van der Waals surface area contributed by atoms with Gasteiger partial charge in [-0.25, -0.2) is 8.42 Å². The Morgan fingerprint density at radius 3 is 2.21 bits per heavy atom. The van der Waals surface area contributed by atoms with Crippen molar-refractivity contribution in [2.75, 3.05) is 14.2 Å². The number of benzene rings is 2. The third-order valence-electron chi connectivity index (χ3n) is 4.93. The molecule has 0 unspecified atom stereocenters. The van der Waals surface area contributed by atoms with E-state index in [2.05, 4.69) is 6.92 Å². The zero-order valence-electron chi connectivity index (χ0n) is 17.1. The fraction of sp³-hybridized carbons (Fsp3) is 0.318. The molecule has 0 fully saturated rings. The fourth-order valence-electron chi connectivity index (χ4n) is 3.24. The lowest BCUT2D eigenvalue weighted by Gasteiger charge is -2.16. The van der Waals surface area contributed by atoms with Crippen LogP contribution in [-0.4, -0.2) is 27.2 Å². The van der Waals surface area contributed by atoms with Gasteiger partial charge in [0.15, 0.2) is 11.5 Å².